The van der Waals surface area contributed by atoms with Crippen LogP contribution in [0.1, 0.15) is 21.5 Å². The second kappa shape index (κ2) is 3.39. The average Bonchev–Trinajstić information content (AvgIpc) is 2.08. The second-order valence-corrected chi connectivity index (χ2v) is 2.88. The van der Waals surface area contributed by atoms with Crippen LogP contribution in [0.25, 0.3) is 0 Å². The van der Waals surface area contributed by atoms with Gasteiger partial charge in [-0.15, -0.1) is 0 Å². The van der Waals surface area contributed by atoms with Crippen molar-refractivity contribution < 1.29 is 14.7 Å². The maximum Gasteiger partial charge on any atom is 0.377 e. The van der Waals surface area contributed by atoms with Gasteiger partial charge in [0.1, 0.15) is 0 Å². The van der Waals surface area contributed by atoms with Crippen LogP contribution in [0.15, 0.2) is 18.2 Å². The SMILES string of the molecule is Cc1cccc(C(=O)C(=O)O)c1C. The first kappa shape index (κ1) is 9.45. The van der Waals surface area contributed by atoms with Crippen LogP contribution in [0.5, 0.6) is 0 Å². The standard InChI is InChI=1S/C10H10O3/c1-6-4-3-5-8(7(6)2)9(11)10(12)13/h3-5H,1-2H3,(H,12,13). The van der Waals surface area contributed by atoms with Gasteiger partial charge in [0.2, 0.25) is 0 Å². The first-order valence-corrected chi connectivity index (χ1v) is 3.88. The quantitative estimate of drug-likeness (QED) is 0.552. The molecule has 3 nitrogen and oxygen atoms in total. The van der Waals surface area contributed by atoms with Crippen molar-refractivity contribution in [1.29, 1.82) is 0 Å². The molecule has 13 heavy (non-hydrogen) atoms. The Labute approximate surface area is 76.0 Å². The number of Topliss-reactive ketones (excluding diaryl/α,β-unsaturated/α-hetero) is 1. The number of carbonyl (C=O) groups excluding carboxylic acids is 1. The molecule has 0 radical (unpaired) electrons. The molecular weight excluding hydrogens is 168 g/mol. The summed E-state index contributed by atoms with van der Waals surface area (Å²) in [6.45, 7) is 3.58. The topological polar surface area (TPSA) is 54.4 Å². The van der Waals surface area contributed by atoms with Crippen molar-refractivity contribution in [3.63, 3.8) is 0 Å². The molecule has 0 fully saturated rings. The summed E-state index contributed by atoms with van der Waals surface area (Å²) < 4.78 is 0. The van der Waals surface area contributed by atoms with Gasteiger partial charge in [0, 0.05) is 5.56 Å². The normalized spacial score (nSPS) is 9.69. The molecule has 0 aromatic heterocycles. The van der Waals surface area contributed by atoms with Gasteiger partial charge in [-0.3, -0.25) is 4.79 Å². The molecule has 0 amide bonds. The predicted molar refractivity (Wildman–Crippen MR) is 47.9 cm³/mol. The molecular formula is C10H10O3. The van der Waals surface area contributed by atoms with E-state index in [4.69, 9.17) is 5.11 Å². The van der Waals surface area contributed by atoms with Crippen molar-refractivity contribution in [3.05, 3.63) is 34.9 Å². The Hall–Kier alpha value is -1.64. The molecule has 0 unspecified atom stereocenters. The lowest BCUT2D eigenvalue weighted by atomic mass is 10.0. The molecule has 0 aliphatic heterocycles. The van der Waals surface area contributed by atoms with Crippen LogP contribution >= 0.6 is 0 Å². The van der Waals surface area contributed by atoms with Crippen molar-refractivity contribution >= 4 is 11.8 Å². The predicted octanol–water partition coefficient (Wildman–Crippen LogP) is 1.57. The third-order valence-corrected chi connectivity index (χ3v) is 2.04. The van der Waals surface area contributed by atoms with Crippen molar-refractivity contribution in [2.24, 2.45) is 0 Å². The number of carboxylic acid groups (broad SMARTS) is 1. The minimum Gasteiger partial charge on any atom is -0.475 e. The molecule has 3 heteroatoms. The average molecular weight is 178 g/mol. The molecule has 0 aliphatic carbocycles. The zero-order valence-corrected chi connectivity index (χ0v) is 7.50. The van der Waals surface area contributed by atoms with Crippen molar-refractivity contribution in [2.75, 3.05) is 0 Å². The molecule has 1 aromatic rings. The lowest BCUT2D eigenvalue weighted by Gasteiger charge is -2.03. The molecule has 0 heterocycles. The number of carbonyl (C=O) groups is 2. The van der Waals surface area contributed by atoms with Crippen molar-refractivity contribution in [1.82, 2.24) is 0 Å². The lowest BCUT2D eigenvalue weighted by molar-refractivity contribution is -0.131. The van der Waals surface area contributed by atoms with Crippen LogP contribution in [0.3, 0.4) is 0 Å². The summed E-state index contributed by atoms with van der Waals surface area (Å²) in [5, 5.41) is 8.50. The molecule has 0 saturated heterocycles. The summed E-state index contributed by atoms with van der Waals surface area (Å²) in [5.41, 5.74) is 1.93. The van der Waals surface area contributed by atoms with Gasteiger partial charge >= 0.3 is 5.97 Å². The molecule has 68 valence electrons. The van der Waals surface area contributed by atoms with Crippen LogP contribution in [-0.2, 0) is 4.79 Å². The number of hydrogen-bond acceptors (Lipinski definition) is 2. The van der Waals surface area contributed by atoms with Gasteiger partial charge in [0.15, 0.2) is 0 Å². The number of benzene rings is 1. The molecule has 0 spiro atoms. The van der Waals surface area contributed by atoms with Crippen molar-refractivity contribution in [3.8, 4) is 0 Å². The number of hydrogen-bond donors (Lipinski definition) is 1. The highest BCUT2D eigenvalue weighted by Gasteiger charge is 2.16. The summed E-state index contributed by atoms with van der Waals surface area (Å²) in [5.74, 6) is -2.25. The van der Waals surface area contributed by atoms with E-state index < -0.39 is 11.8 Å². The molecule has 0 aliphatic rings. The first-order chi connectivity index (χ1) is 6.04. The van der Waals surface area contributed by atoms with E-state index in [2.05, 4.69) is 0 Å². The van der Waals surface area contributed by atoms with Gasteiger partial charge in [-0.25, -0.2) is 4.79 Å². The summed E-state index contributed by atoms with van der Waals surface area (Å²) in [4.78, 5) is 21.5. The minimum atomic E-state index is -1.41. The third-order valence-electron chi connectivity index (χ3n) is 2.04. The highest BCUT2D eigenvalue weighted by atomic mass is 16.4. The second-order valence-electron chi connectivity index (χ2n) is 2.88. The third kappa shape index (κ3) is 1.75. The maximum absolute atomic E-state index is 11.1. The largest absolute Gasteiger partial charge is 0.475 e. The van der Waals surface area contributed by atoms with Crippen molar-refractivity contribution in [2.45, 2.75) is 13.8 Å². The molecule has 0 saturated carbocycles. The van der Waals surface area contributed by atoms with Crippen LogP contribution in [0, 0.1) is 13.8 Å². The van der Waals surface area contributed by atoms with Gasteiger partial charge in [-0.05, 0) is 25.0 Å². The highest BCUT2D eigenvalue weighted by molar-refractivity contribution is 6.40. The maximum atomic E-state index is 11.1. The summed E-state index contributed by atoms with van der Waals surface area (Å²) in [6.07, 6.45) is 0. The fourth-order valence-electron chi connectivity index (χ4n) is 1.11. The van der Waals surface area contributed by atoms with E-state index in [1.165, 1.54) is 6.07 Å². The fourth-order valence-corrected chi connectivity index (χ4v) is 1.11. The smallest absolute Gasteiger partial charge is 0.377 e. The lowest BCUT2D eigenvalue weighted by Crippen LogP contribution is -2.14. The van der Waals surface area contributed by atoms with E-state index in [0.29, 0.717) is 0 Å². The Balaban J connectivity index is 3.23. The van der Waals surface area contributed by atoms with Crippen LogP contribution in [0.4, 0.5) is 0 Å². The van der Waals surface area contributed by atoms with E-state index in [1.54, 1.807) is 13.0 Å². The Morgan fingerprint density at radius 2 is 1.85 bits per heavy atom. The summed E-state index contributed by atoms with van der Waals surface area (Å²) in [6, 6.07) is 5.05. The molecule has 0 atom stereocenters. The number of carboxylic acids is 1. The fraction of sp³-hybridized carbons (Fsp3) is 0.200. The molecule has 0 bridgehead atoms. The van der Waals surface area contributed by atoms with E-state index in [9.17, 15) is 9.59 Å². The highest BCUT2D eigenvalue weighted by Crippen LogP contribution is 2.13. The van der Waals surface area contributed by atoms with E-state index >= 15 is 0 Å². The summed E-state index contributed by atoms with van der Waals surface area (Å²) >= 11 is 0. The molecule has 1 aromatic carbocycles. The van der Waals surface area contributed by atoms with Crippen LogP contribution in [0.2, 0.25) is 0 Å². The van der Waals surface area contributed by atoms with Gasteiger partial charge in [0.05, 0.1) is 0 Å². The van der Waals surface area contributed by atoms with Gasteiger partial charge in [0.25, 0.3) is 5.78 Å². The zero-order valence-electron chi connectivity index (χ0n) is 7.50. The van der Waals surface area contributed by atoms with Gasteiger partial charge in [-0.2, -0.15) is 0 Å². The molecule has 1 rings (SSSR count). The first-order valence-electron chi connectivity index (χ1n) is 3.88. The Bertz CT molecular complexity index is 366. The Kier molecular flexibility index (Phi) is 2.46. The number of aryl methyl sites for hydroxylation is 1. The Morgan fingerprint density at radius 1 is 1.23 bits per heavy atom. The van der Waals surface area contributed by atoms with E-state index in [-0.39, 0.29) is 5.56 Å². The summed E-state index contributed by atoms with van der Waals surface area (Å²) in [7, 11) is 0. The van der Waals surface area contributed by atoms with Crippen LogP contribution < -0.4 is 0 Å². The van der Waals surface area contributed by atoms with Gasteiger partial charge < -0.3 is 5.11 Å². The Morgan fingerprint density at radius 3 is 2.38 bits per heavy atom. The van der Waals surface area contributed by atoms with Crippen LogP contribution in [-0.4, -0.2) is 16.9 Å². The van der Waals surface area contributed by atoms with E-state index in [1.807, 2.05) is 13.0 Å². The monoisotopic (exact) mass is 178 g/mol. The number of rotatable bonds is 2. The minimum absolute atomic E-state index is 0.271. The van der Waals surface area contributed by atoms with Gasteiger partial charge in [-0.1, -0.05) is 18.2 Å². The molecule has 1 N–H and O–H groups in total. The zero-order chi connectivity index (χ0) is 10.0. The number of ketones is 1. The number of aliphatic carboxylic acids is 1. The van der Waals surface area contributed by atoms with E-state index in [0.717, 1.165) is 11.1 Å².